The molecule has 1 saturated heterocycles. The largest absolute Gasteiger partial charge is 0.493 e. The van der Waals surface area contributed by atoms with Crippen LogP contribution in [-0.2, 0) is 16.0 Å². The van der Waals surface area contributed by atoms with E-state index in [0.29, 0.717) is 43.9 Å². The smallest absolute Gasteiger partial charge is 0.246 e. The molecule has 0 aromatic heterocycles. The summed E-state index contributed by atoms with van der Waals surface area (Å²) in [7, 11) is 3.25. The minimum Gasteiger partial charge on any atom is -0.493 e. The number of ether oxygens (including phenoxy) is 2. The summed E-state index contributed by atoms with van der Waals surface area (Å²) in [5.41, 5.74) is 9.27. The number of likely N-dealkylation sites (tertiary alicyclic amines) is 1. The zero-order chi connectivity index (χ0) is 26.6. The number of halogens is 1. The van der Waals surface area contributed by atoms with Gasteiger partial charge in [-0.2, -0.15) is 5.10 Å². The van der Waals surface area contributed by atoms with E-state index in [1.54, 1.807) is 19.2 Å². The Morgan fingerprint density at radius 1 is 0.974 bits per heavy atom. The minimum absolute atomic E-state index is 0. The van der Waals surface area contributed by atoms with Gasteiger partial charge in [-0.25, -0.2) is 5.01 Å². The monoisotopic (exact) mass is 554 g/mol. The van der Waals surface area contributed by atoms with Crippen LogP contribution in [0.5, 0.6) is 11.5 Å². The van der Waals surface area contributed by atoms with Crippen molar-refractivity contribution in [1.82, 2.24) is 9.91 Å². The zero-order valence-corrected chi connectivity index (χ0v) is 23.6. The SMILES string of the molecule is COc1ccc(C2=NN(C3CCN(C(=O)[C@@H](N)Cc4ccccc4)CC3)C(=O)[C@H]3CCCC[C@@H]23)cc1OC.Cl. The van der Waals surface area contributed by atoms with Crippen LogP contribution in [0.4, 0.5) is 0 Å². The molecule has 3 aliphatic rings. The van der Waals surface area contributed by atoms with Crippen LogP contribution in [0.3, 0.4) is 0 Å². The van der Waals surface area contributed by atoms with Crippen LogP contribution < -0.4 is 15.2 Å². The van der Waals surface area contributed by atoms with Crippen molar-refractivity contribution in [3.8, 4) is 11.5 Å². The lowest BCUT2D eigenvalue weighted by Crippen LogP contribution is -2.54. The summed E-state index contributed by atoms with van der Waals surface area (Å²) in [5, 5.41) is 6.75. The lowest BCUT2D eigenvalue weighted by Gasteiger charge is -2.43. The van der Waals surface area contributed by atoms with Gasteiger partial charge >= 0.3 is 0 Å². The predicted octanol–water partition coefficient (Wildman–Crippen LogP) is 4.04. The summed E-state index contributed by atoms with van der Waals surface area (Å²) in [6, 6.07) is 15.1. The Hall–Kier alpha value is -3.10. The van der Waals surface area contributed by atoms with Crippen molar-refractivity contribution in [1.29, 1.82) is 0 Å². The number of hydrogen-bond acceptors (Lipinski definition) is 6. The first kappa shape index (κ1) is 28.9. The second kappa shape index (κ2) is 12.8. The summed E-state index contributed by atoms with van der Waals surface area (Å²) in [6.45, 7) is 1.15. The molecule has 3 atom stereocenters. The Kier molecular flexibility index (Phi) is 9.51. The van der Waals surface area contributed by atoms with Crippen LogP contribution in [0.1, 0.15) is 49.7 Å². The van der Waals surface area contributed by atoms with Gasteiger partial charge < -0.3 is 20.1 Å². The highest BCUT2D eigenvalue weighted by molar-refractivity contribution is 6.07. The van der Waals surface area contributed by atoms with E-state index < -0.39 is 6.04 Å². The van der Waals surface area contributed by atoms with E-state index in [4.69, 9.17) is 20.3 Å². The molecule has 2 aromatic carbocycles. The van der Waals surface area contributed by atoms with Gasteiger partial charge in [0.2, 0.25) is 11.8 Å². The van der Waals surface area contributed by atoms with Crippen molar-refractivity contribution in [2.24, 2.45) is 22.7 Å². The van der Waals surface area contributed by atoms with Crippen LogP contribution in [-0.4, -0.2) is 66.8 Å². The Balaban J connectivity index is 0.00000353. The van der Waals surface area contributed by atoms with Gasteiger partial charge in [0.25, 0.3) is 0 Å². The Morgan fingerprint density at radius 3 is 2.31 bits per heavy atom. The number of rotatable bonds is 7. The second-order valence-corrected chi connectivity index (χ2v) is 10.6. The highest BCUT2D eigenvalue weighted by atomic mass is 35.5. The van der Waals surface area contributed by atoms with E-state index in [1.807, 2.05) is 53.4 Å². The number of benzene rings is 2. The summed E-state index contributed by atoms with van der Waals surface area (Å²) in [4.78, 5) is 28.6. The fourth-order valence-corrected chi connectivity index (χ4v) is 6.21. The molecule has 5 rings (SSSR count). The molecule has 0 bridgehead atoms. The number of nitrogens with zero attached hydrogens (tertiary/aromatic N) is 3. The molecule has 2 aliphatic heterocycles. The highest BCUT2D eigenvalue weighted by Crippen LogP contribution is 2.40. The molecule has 2 aromatic rings. The molecule has 1 saturated carbocycles. The van der Waals surface area contributed by atoms with Crippen LogP contribution in [0.2, 0.25) is 0 Å². The Labute approximate surface area is 236 Å². The third-order valence-electron chi connectivity index (χ3n) is 8.29. The molecule has 9 heteroatoms. The Morgan fingerprint density at radius 2 is 1.64 bits per heavy atom. The maximum atomic E-state index is 13.7. The summed E-state index contributed by atoms with van der Waals surface area (Å²) in [5.74, 6) is 1.49. The standard InChI is InChI=1S/C30H38N4O4.ClH/c1-37-26-13-12-21(19-27(26)38-2)28-23-10-6-7-11-24(23)29(35)34(32-28)22-14-16-33(17-15-22)30(36)25(31)18-20-8-4-3-5-9-20;/h3-5,8-9,12-13,19,22-25H,6-7,10-11,14-18,31H2,1-2H3;1H/t23-,24+,25+;/m1./s1. The fourth-order valence-electron chi connectivity index (χ4n) is 6.21. The molecule has 1 aliphatic carbocycles. The van der Waals surface area contributed by atoms with E-state index >= 15 is 0 Å². The van der Waals surface area contributed by atoms with Crippen molar-refractivity contribution >= 4 is 29.9 Å². The number of amides is 2. The van der Waals surface area contributed by atoms with Crippen molar-refractivity contribution in [2.75, 3.05) is 27.3 Å². The number of methoxy groups -OCH3 is 2. The summed E-state index contributed by atoms with van der Waals surface area (Å²) in [6.07, 6.45) is 5.91. The molecule has 0 radical (unpaired) electrons. The van der Waals surface area contributed by atoms with E-state index in [-0.39, 0.29) is 42.1 Å². The van der Waals surface area contributed by atoms with E-state index in [0.717, 1.165) is 42.5 Å². The second-order valence-electron chi connectivity index (χ2n) is 10.6. The average Bonchev–Trinajstić information content (AvgIpc) is 2.97. The molecule has 0 unspecified atom stereocenters. The first-order valence-electron chi connectivity index (χ1n) is 13.7. The van der Waals surface area contributed by atoms with E-state index in [1.165, 1.54) is 0 Å². The van der Waals surface area contributed by atoms with Gasteiger partial charge in [0.05, 0.1) is 32.0 Å². The summed E-state index contributed by atoms with van der Waals surface area (Å²) >= 11 is 0. The molecular weight excluding hydrogens is 516 g/mol. The third-order valence-corrected chi connectivity index (χ3v) is 8.29. The third kappa shape index (κ3) is 6.07. The van der Waals surface area contributed by atoms with E-state index in [9.17, 15) is 9.59 Å². The number of hydrazone groups is 1. The molecule has 2 fully saturated rings. The molecule has 0 spiro atoms. The molecule has 210 valence electrons. The highest BCUT2D eigenvalue weighted by Gasteiger charge is 2.44. The van der Waals surface area contributed by atoms with Crippen molar-refractivity contribution in [3.63, 3.8) is 0 Å². The van der Waals surface area contributed by atoms with E-state index in [2.05, 4.69) is 0 Å². The maximum absolute atomic E-state index is 13.7. The van der Waals surface area contributed by atoms with Gasteiger partial charge in [0.1, 0.15) is 0 Å². The topological polar surface area (TPSA) is 97.5 Å². The number of hydrogen-bond donors (Lipinski definition) is 1. The van der Waals surface area contributed by atoms with Crippen LogP contribution >= 0.6 is 12.4 Å². The fraction of sp³-hybridized carbons (Fsp3) is 0.500. The number of fused-ring (bicyclic) bond motifs is 1. The Bertz CT molecular complexity index is 1180. The average molecular weight is 555 g/mol. The van der Waals surface area contributed by atoms with Gasteiger partial charge in [-0.1, -0.05) is 43.2 Å². The van der Waals surface area contributed by atoms with Gasteiger partial charge in [-0.15, -0.1) is 12.4 Å². The number of carbonyl (C=O) groups excluding carboxylic acids is 2. The molecular formula is C30H39ClN4O4. The number of piperidine rings is 1. The normalized spacial score (nSPS) is 22.3. The summed E-state index contributed by atoms with van der Waals surface area (Å²) < 4.78 is 11.0. The molecule has 2 amide bonds. The first-order valence-corrected chi connectivity index (χ1v) is 13.7. The van der Waals surface area contributed by atoms with Crippen molar-refractivity contribution in [3.05, 3.63) is 59.7 Å². The van der Waals surface area contributed by atoms with Crippen molar-refractivity contribution < 1.29 is 19.1 Å². The van der Waals surface area contributed by atoms with Gasteiger partial charge in [0.15, 0.2) is 11.5 Å². The van der Waals surface area contributed by atoms with Crippen LogP contribution in [0.25, 0.3) is 0 Å². The molecule has 39 heavy (non-hydrogen) atoms. The van der Waals surface area contributed by atoms with Gasteiger partial charge in [-0.05, 0) is 55.9 Å². The molecule has 2 heterocycles. The first-order chi connectivity index (χ1) is 18.5. The predicted molar refractivity (Wildman–Crippen MR) is 153 cm³/mol. The number of nitrogens with two attached hydrogens (primary N) is 1. The lowest BCUT2D eigenvalue weighted by molar-refractivity contribution is -0.143. The van der Waals surface area contributed by atoms with Gasteiger partial charge in [-0.3, -0.25) is 9.59 Å². The van der Waals surface area contributed by atoms with Crippen LogP contribution in [0.15, 0.2) is 53.6 Å². The molecule has 8 nitrogen and oxygen atoms in total. The molecule has 2 N–H and O–H groups in total. The lowest BCUT2D eigenvalue weighted by atomic mass is 9.73. The van der Waals surface area contributed by atoms with Crippen molar-refractivity contribution in [2.45, 2.75) is 57.0 Å². The minimum atomic E-state index is -0.566. The maximum Gasteiger partial charge on any atom is 0.246 e. The zero-order valence-electron chi connectivity index (χ0n) is 22.8. The quantitative estimate of drug-likeness (QED) is 0.557. The number of carbonyl (C=O) groups is 2. The van der Waals surface area contributed by atoms with Gasteiger partial charge in [0, 0.05) is 30.5 Å². The van der Waals surface area contributed by atoms with Crippen LogP contribution in [0, 0.1) is 11.8 Å².